The number of anilines is 2. The van der Waals surface area contributed by atoms with E-state index < -0.39 is 22.0 Å². The van der Waals surface area contributed by atoms with Gasteiger partial charge >= 0.3 is 4.87 Å². The third-order valence-electron chi connectivity index (χ3n) is 4.75. The summed E-state index contributed by atoms with van der Waals surface area (Å²) in [4.78, 5) is 24.6. The number of amides is 1. The smallest absolute Gasteiger partial charge is 0.307 e. The van der Waals surface area contributed by atoms with Crippen molar-refractivity contribution in [3.05, 3.63) is 57.2 Å². The SMILES string of the molecule is Cc1ccc(C)c(N([C@H](C)C(=O)Nc2ccc3c(c2)sc(=O)n3C)S(C)(=O)=O)c1. The van der Waals surface area contributed by atoms with E-state index in [2.05, 4.69) is 5.32 Å². The van der Waals surface area contributed by atoms with Crippen LogP contribution in [-0.4, -0.2) is 31.2 Å². The fraction of sp³-hybridized carbons (Fsp3) is 0.300. The number of thiazole rings is 1. The van der Waals surface area contributed by atoms with Crippen LogP contribution in [0.15, 0.2) is 41.2 Å². The summed E-state index contributed by atoms with van der Waals surface area (Å²) in [5.74, 6) is -0.459. The molecule has 7 nitrogen and oxygen atoms in total. The van der Waals surface area contributed by atoms with Crippen molar-refractivity contribution < 1.29 is 13.2 Å². The van der Waals surface area contributed by atoms with Gasteiger partial charge in [-0.1, -0.05) is 23.5 Å². The highest BCUT2D eigenvalue weighted by molar-refractivity contribution is 7.92. The summed E-state index contributed by atoms with van der Waals surface area (Å²) in [6.07, 6.45) is 1.09. The number of carbonyl (C=O) groups excluding carboxylic acids is 1. The van der Waals surface area contributed by atoms with Gasteiger partial charge in [-0.05, 0) is 56.2 Å². The molecule has 1 atom stereocenters. The van der Waals surface area contributed by atoms with Crippen molar-refractivity contribution in [1.29, 1.82) is 0 Å². The first-order chi connectivity index (χ1) is 13.5. The third-order valence-corrected chi connectivity index (χ3v) is 6.97. The van der Waals surface area contributed by atoms with Crippen LogP contribution in [0.3, 0.4) is 0 Å². The van der Waals surface area contributed by atoms with Crippen molar-refractivity contribution in [3.8, 4) is 0 Å². The average molecular weight is 434 g/mol. The third kappa shape index (κ3) is 4.20. The molecule has 0 fully saturated rings. The Morgan fingerprint density at radius 2 is 1.86 bits per heavy atom. The summed E-state index contributed by atoms with van der Waals surface area (Å²) >= 11 is 1.09. The van der Waals surface area contributed by atoms with Crippen LogP contribution in [0.25, 0.3) is 10.2 Å². The van der Waals surface area contributed by atoms with Crippen molar-refractivity contribution in [2.45, 2.75) is 26.8 Å². The first-order valence-corrected chi connectivity index (χ1v) is 11.6. The number of aromatic nitrogens is 1. The Hall–Kier alpha value is -2.65. The maximum absolute atomic E-state index is 12.9. The van der Waals surface area contributed by atoms with Gasteiger partial charge in [0.05, 0.1) is 22.2 Å². The molecule has 154 valence electrons. The highest BCUT2D eigenvalue weighted by Crippen LogP contribution is 2.27. The minimum Gasteiger partial charge on any atom is -0.324 e. The van der Waals surface area contributed by atoms with E-state index >= 15 is 0 Å². The van der Waals surface area contributed by atoms with Crippen molar-refractivity contribution in [1.82, 2.24) is 4.57 Å². The quantitative estimate of drug-likeness (QED) is 0.670. The van der Waals surface area contributed by atoms with E-state index in [1.807, 2.05) is 26.0 Å². The van der Waals surface area contributed by atoms with Crippen LogP contribution in [0, 0.1) is 13.8 Å². The maximum Gasteiger partial charge on any atom is 0.307 e. The Balaban J connectivity index is 1.94. The van der Waals surface area contributed by atoms with E-state index in [-0.39, 0.29) is 4.87 Å². The van der Waals surface area contributed by atoms with E-state index in [9.17, 15) is 18.0 Å². The average Bonchev–Trinajstić information content (AvgIpc) is 2.90. The van der Waals surface area contributed by atoms with Crippen molar-refractivity contribution in [2.24, 2.45) is 7.05 Å². The second-order valence-corrected chi connectivity index (χ2v) is 9.98. The van der Waals surface area contributed by atoms with Gasteiger partial charge in [-0.3, -0.25) is 13.9 Å². The standard InChI is InChI=1S/C20H23N3O4S2/c1-12-6-7-13(2)17(10-12)23(29(5,26)27)14(3)19(24)21-15-8-9-16-18(11-15)28-20(25)22(16)4/h6-11,14H,1-5H3,(H,21,24)/t14-/m1/s1. The molecule has 0 saturated heterocycles. The highest BCUT2D eigenvalue weighted by Gasteiger charge is 2.30. The summed E-state index contributed by atoms with van der Waals surface area (Å²) in [5.41, 5.74) is 3.42. The molecule has 0 radical (unpaired) electrons. The molecular weight excluding hydrogens is 410 g/mol. The van der Waals surface area contributed by atoms with Gasteiger partial charge in [0.1, 0.15) is 6.04 Å². The lowest BCUT2D eigenvalue weighted by molar-refractivity contribution is -0.116. The van der Waals surface area contributed by atoms with Gasteiger partial charge in [0.2, 0.25) is 15.9 Å². The molecule has 9 heteroatoms. The summed E-state index contributed by atoms with van der Waals surface area (Å²) in [6.45, 7) is 5.23. The predicted octanol–water partition coefficient (Wildman–Crippen LogP) is 3.01. The largest absolute Gasteiger partial charge is 0.324 e. The van der Waals surface area contributed by atoms with Gasteiger partial charge in [-0.2, -0.15) is 0 Å². The highest BCUT2D eigenvalue weighted by atomic mass is 32.2. The normalized spacial score (nSPS) is 12.7. The molecule has 1 N–H and O–H groups in total. The van der Waals surface area contributed by atoms with Crippen LogP contribution < -0.4 is 14.5 Å². The Morgan fingerprint density at radius 3 is 2.52 bits per heavy atom. The Labute approximate surface area is 173 Å². The second kappa shape index (κ2) is 7.64. The van der Waals surface area contributed by atoms with E-state index in [1.165, 1.54) is 0 Å². The number of benzene rings is 2. The molecule has 29 heavy (non-hydrogen) atoms. The van der Waals surface area contributed by atoms with E-state index in [0.717, 1.165) is 43.2 Å². The number of fused-ring (bicyclic) bond motifs is 1. The number of nitrogens with zero attached hydrogens (tertiary/aromatic N) is 2. The number of aryl methyl sites for hydroxylation is 3. The van der Waals surface area contributed by atoms with Gasteiger partial charge in [0, 0.05) is 12.7 Å². The van der Waals surface area contributed by atoms with Gasteiger partial charge in [-0.15, -0.1) is 0 Å². The molecule has 2 aromatic carbocycles. The summed E-state index contributed by atoms with van der Waals surface area (Å²) in [5, 5.41) is 2.77. The van der Waals surface area contributed by atoms with E-state index in [4.69, 9.17) is 0 Å². The maximum atomic E-state index is 12.9. The molecule has 0 aliphatic rings. The minimum atomic E-state index is -3.70. The van der Waals surface area contributed by atoms with Gasteiger partial charge in [-0.25, -0.2) is 8.42 Å². The van der Waals surface area contributed by atoms with Crippen molar-refractivity contribution in [2.75, 3.05) is 15.9 Å². The topological polar surface area (TPSA) is 88.5 Å². The van der Waals surface area contributed by atoms with Crippen LogP contribution in [-0.2, 0) is 21.9 Å². The zero-order valence-corrected chi connectivity index (χ0v) is 18.5. The molecule has 0 aliphatic carbocycles. The van der Waals surface area contributed by atoms with Crippen molar-refractivity contribution >= 4 is 48.9 Å². The fourth-order valence-corrected chi connectivity index (χ4v) is 5.34. The van der Waals surface area contributed by atoms with Crippen LogP contribution in [0.5, 0.6) is 0 Å². The Bertz CT molecular complexity index is 1260. The van der Waals surface area contributed by atoms with Crippen LogP contribution in [0.2, 0.25) is 0 Å². The predicted molar refractivity (Wildman–Crippen MR) is 118 cm³/mol. The molecule has 3 rings (SSSR count). The molecule has 0 bridgehead atoms. The van der Waals surface area contributed by atoms with Crippen LogP contribution >= 0.6 is 11.3 Å². The van der Waals surface area contributed by atoms with Gasteiger partial charge in [0.25, 0.3) is 0 Å². The molecule has 1 aromatic heterocycles. The van der Waals surface area contributed by atoms with Crippen LogP contribution in [0.4, 0.5) is 11.4 Å². The lowest BCUT2D eigenvalue weighted by atomic mass is 10.1. The second-order valence-electron chi connectivity index (χ2n) is 7.12. The number of rotatable bonds is 5. The number of nitrogens with one attached hydrogen (secondary N) is 1. The molecule has 0 aliphatic heterocycles. The van der Waals surface area contributed by atoms with Crippen molar-refractivity contribution in [3.63, 3.8) is 0 Å². The van der Waals surface area contributed by atoms with Crippen LogP contribution in [0.1, 0.15) is 18.1 Å². The zero-order valence-electron chi connectivity index (χ0n) is 16.9. The lowest BCUT2D eigenvalue weighted by Crippen LogP contribution is -2.45. The summed E-state index contributed by atoms with van der Waals surface area (Å²) in [6, 6.07) is 9.69. The number of hydrogen-bond donors (Lipinski definition) is 1. The Kier molecular flexibility index (Phi) is 5.55. The molecule has 1 heterocycles. The van der Waals surface area contributed by atoms with E-state index in [1.54, 1.807) is 42.8 Å². The first-order valence-electron chi connectivity index (χ1n) is 8.96. The number of carbonyl (C=O) groups is 1. The molecule has 0 saturated carbocycles. The van der Waals surface area contributed by atoms with Gasteiger partial charge < -0.3 is 9.88 Å². The number of hydrogen-bond acceptors (Lipinski definition) is 5. The fourth-order valence-electron chi connectivity index (χ4n) is 3.20. The molecule has 0 unspecified atom stereocenters. The van der Waals surface area contributed by atoms with E-state index in [0.29, 0.717) is 11.4 Å². The summed E-state index contributed by atoms with van der Waals surface area (Å²) < 4.78 is 28.5. The molecule has 3 aromatic rings. The number of sulfonamides is 1. The first kappa shape index (κ1) is 21.1. The molecule has 1 amide bonds. The van der Waals surface area contributed by atoms with Gasteiger partial charge in [0.15, 0.2) is 0 Å². The molecular formula is C20H23N3O4S2. The Morgan fingerprint density at radius 1 is 1.17 bits per heavy atom. The lowest BCUT2D eigenvalue weighted by Gasteiger charge is -2.29. The minimum absolute atomic E-state index is 0.0879. The molecule has 0 spiro atoms. The zero-order chi connectivity index (χ0) is 21.5. The summed E-state index contributed by atoms with van der Waals surface area (Å²) in [7, 11) is -2.01. The monoisotopic (exact) mass is 433 g/mol.